The molecule has 1 amide bonds. The van der Waals surface area contributed by atoms with Gasteiger partial charge in [-0.1, -0.05) is 67.9 Å². The first-order chi connectivity index (χ1) is 20.6. The molecule has 43 heavy (non-hydrogen) atoms. The molecule has 6 rings (SSSR count). The number of anilines is 1. The monoisotopic (exact) mass is 593 g/mol. The Kier molecular flexibility index (Phi) is 7.52. The van der Waals surface area contributed by atoms with Crippen LogP contribution in [0.2, 0.25) is 0 Å². The van der Waals surface area contributed by atoms with E-state index < -0.39 is 0 Å². The van der Waals surface area contributed by atoms with Crippen LogP contribution in [0.3, 0.4) is 0 Å². The molecule has 0 N–H and O–H groups in total. The van der Waals surface area contributed by atoms with E-state index in [9.17, 15) is 14.4 Å². The van der Waals surface area contributed by atoms with Gasteiger partial charge in [0.2, 0.25) is 0 Å². The molecule has 2 aromatic heterocycles. The highest BCUT2D eigenvalue weighted by molar-refractivity contribution is 6.19. The zero-order valence-electron chi connectivity index (χ0n) is 24.6. The number of aryl methyl sites for hydroxylation is 2. The normalized spacial score (nSPS) is 14.5. The topological polar surface area (TPSA) is 81.0 Å². The van der Waals surface area contributed by atoms with Gasteiger partial charge in [0, 0.05) is 54.2 Å². The van der Waals surface area contributed by atoms with Crippen molar-refractivity contribution >= 4 is 51.4 Å². The van der Waals surface area contributed by atoms with Crippen molar-refractivity contribution in [1.82, 2.24) is 9.38 Å². The number of esters is 1. The fourth-order valence-corrected chi connectivity index (χ4v) is 5.98. The zero-order valence-corrected chi connectivity index (χ0v) is 25.3. The summed E-state index contributed by atoms with van der Waals surface area (Å²) in [6.45, 7) is 7.95. The largest absolute Gasteiger partial charge is 0.426 e. The van der Waals surface area contributed by atoms with Gasteiger partial charge >= 0.3 is 5.97 Å². The minimum atomic E-state index is -0.343. The third-order valence-corrected chi connectivity index (χ3v) is 8.41. The van der Waals surface area contributed by atoms with Gasteiger partial charge < -0.3 is 14.0 Å². The molecule has 1 aliphatic rings. The summed E-state index contributed by atoms with van der Waals surface area (Å²) in [6.07, 6.45) is 3.77. The Hall–Kier alpha value is -4.49. The van der Waals surface area contributed by atoms with Gasteiger partial charge in [-0.05, 0) is 42.0 Å². The van der Waals surface area contributed by atoms with Crippen LogP contribution in [0.25, 0.3) is 16.4 Å². The second kappa shape index (κ2) is 11.3. The Labute approximate surface area is 255 Å². The number of halogens is 1. The smallest absolute Gasteiger partial charge is 0.313 e. The molecule has 1 aliphatic heterocycles. The lowest BCUT2D eigenvalue weighted by atomic mass is 9.92. The summed E-state index contributed by atoms with van der Waals surface area (Å²) in [6, 6.07) is 18.9. The zero-order chi connectivity index (χ0) is 30.4. The summed E-state index contributed by atoms with van der Waals surface area (Å²) in [7, 11) is 0. The van der Waals surface area contributed by atoms with Crippen molar-refractivity contribution in [1.29, 1.82) is 0 Å². The van der Waals surface area contributed by atoms with Gasteiger partial charge in [0.25, 0.3) is 5.91 Å². The number of ketones is 1. The van der Waals surface area contributed by atoms with E-state index in [-0.39, 0.29) is 41.6 Å². The fourth-order valence-electron chi connectivity index (χ4n) is 5.72. The first-order valence-electron chi connectivity index (χ1n) is 14.4. The molecule has 0 bridgehead atoms. The molecule has 0 unspecified atom stereocenters. The molecule has 3 heterocycles. The Bertz CT molecular complexity index is 1910. The summed E-state index contributed by atoms with van der Waals surface area (Å²) in [5.41, 5.74) is 6.12. The summed E-state index contributed by atoms with van der Waals surface area (Å²) >= 11 is 6.47. The number of amides is 1. The fraction of sp³-hybridized carbons (Fsp3) is 0.257. The van der Waals surface area contributed by atoms with Gasteiger partial charge in [0.1, 0.15) is 17.1 Å². The number of imidazole rings is 1. The molecule has 0 radical (unpaired) electrons. The van der Waals surface area contributed by atoms with Crippen LogP contribution in [-0.4, -0.2) is 39.5 Å². The van der Waals surface area contributed by atoms with Crippen LogP contribution < -0.4 is 9.64 Å². The Morgan fingerprint density at radius 3 is 2.51 bits per heavy atom. The number of hydrogen-bond acceptors (Lipinski definition) is 5. The molecule has 3 aromatic carbocycles. The maximum absolute atomic E-state index is 14.0. The van der Waals surface area contributed by atoms with E-state index >= 15 is 0 Å². The van der Waals surface area contributed by atoms with Crippen LogP contribution in [0.15, 0.2) is 73.1 Å². The number of Topliss-reactive ketones (excluding diaryl/α,β-unsaturated/α-hetero) is 1. The van der Waals surface area contributed by atoms with Crippen molar-refractivity contribution in [2.75, 3.05) is 17.3 Å². The highest BCUT2D eigenvalue weighted by atomic mass is 35.5. The first-order valence-corrected chi connectivity index (χ1v) is 14.9. The van der Waals surface area contributed by atoms with Crippen molar-refractivity contribution in [3.05, 3.63) is 107 Å². The van der Waals surface area contributed by atoms with Crippen molar-refractivity contribution in [2.45, 2.75) is 40.0 Å². The Morgan fingerprint density at radius 2 is 1.79 bits per heavy atom. The molecule has 8 heteroatoms. The lowest BCUT2D eigenvalue weighted by Crippen LogP contribution is -2.30. The Morgan fingerprint density at radius 1 is 1.02 bits per heavy atom. The van der Waals surface area contributed by atoms with E-state index in [1.165, 1.54) is 0 Å². The average molecular weight is 594 g/mol. The van der Waals surface area contributed by atoms with E-state index in [4.69, 9.17) is 16.3 Å². The number of carbonyl (C=O) groups excluding carboxylic acids is 3. The number of ether oxygens (including phenoxy) is 1. The maximum atomic E-state index is 14.0. The number of aromatic nitrogens is 2. The number of benzene rings is 3. The van der Waals surface area contributed by atoms with Gasteiger partial charge in [-0.15, -0.1) is 11.6 Å². The molecule has 5 aromatic rings. The average Bonchev–Trinajstić information content (AvgIpc) is 3.58. The lowest BCUT2D eigenvalue weighted by molar-refractivity contribution is -0.137. The molecule has 0 spiro atoms. The van der Waals surface area contributed by atoms with Crippen LogP contribution in [-0.2, 0) is 11.2 Å². The van der Waals surface area contributed by atoms with E-state index in [2.05, 4.69) is 4.98 Å². The molecule has 0 aliphatic carbocycles. The van der Waals surface area contributed by atoms with Gasteiger partial charge in [0.15, 0.2) is 5.78 Å². The number of hydrogen-bond donors (Lipinski definition) is 0. The van der Waals surface area contributed by atoms with Gasteiger partial charge in [-0.3, -0.25) is 14.4 Å². The van der Waals surface area contributed by atoms with Crippen LogP contribution >= 0.6 is 11.6 Å². The quantitative estimate of drug-likeness (QED) is 0.0872. The summed E-state index contributed by atoms with van der Waals surface area (Å²) in [4.78, 5) is 45.8. The summed E-state index contributed by atoms with van der Waals surface area (Å²) in [5.74, 6) is -0.259. The SMILES string of the molecule is Cc1ccc(C(=O)Cc2ccc3nc(C(=O)N4C[C@@H](CCl)c5c4cc(OC(=O)C(C)C)c4cccc(C)c54)cn3c2)cc1. The standard InChI is InChI=1S/C35H32ClN3O4/c1-20(2)35(42)43-30-15-28-33(32-22(4)6-5-7-26(30)32)25(16-36)18-39(28)34(41)27-19-38-17-23(10-13-31(38)37-27)14-29(40)24-11-8-21(3)9-12-24/h5-13,15,17,19-20,25H,14,16,18H2,1-4H3/t25-/m1/s1. The number of pyridine rings is 1. The van der Waals surface area contributed by atoms with Crippen LogP contribution in [0.5, 0.6) is 5.75 Å². The number of carbonyl (C=O) groups is 3. The molecular formula is C35H32ClN3O4. The van der Waals surface area contributed by atoms with Gasteiger partial charge in [0.05, 0.1) is 11.6 Å². The second-order valence-electron chi connectivity index (χ2n) is 11.5. The third-order valence-electron chi connectivity index (χ3n) is 8.04. The predicted molar refractivity (Wildman–Crippen MR) is 169 cm³/mol. The molecule has 0 saturated carbocycles. The number of alkyl halides is 1. The van der Waals surface area contributed by atoms with Crippen molar-refractivity contribution < 1.29 is 19.1 Å². The summed E-state index contributed by atoms with van der Waals surface area (Å²) in [5, 5.41) is 1.77. The molecule has 0 saturated heterocycles. The first kappa shape index (κ1) is 28.6. The minimum Gasteiger partial charge on any atom is -0.426 e. The highest BCUT2D eigenvalue weighted by Gasteiger charge is 2.36. The van der Waals surface area contributed by atoms with E-state index in [0.717, 1.165) is 33.0 Å². The van der Waals surface area contributed by atoms with Crippen LogP contribution in [0.4, 0.5) is 5.69 Å². The number of rotatable bonds is 7. The highest BCUT2D eigenvalue weighted by Crippen LogP contribution is 2.47. The molecule has 7 nitrogen and oxygen atoms in total. The van der Waals surface area contributed by atoms with Crippen LogP contribution in [0, 0.1) is 19.8 Å². The molecule has 218 valence electrons. The van der Waals surface area contributed by atoms with E-state index in [1.54, 1.807) is 35.4 Å². The maximum Gasteiger partial charge on any atom is 0.313 e. The van der Waals surface area contributed by atoms with Crippen molar-refractivity contribution in [3.63, 3.8) is 0 Å². The number of nitrogens with zero attached hydrogens (tertiary/aromatic N) is 3. The predicted octanol–water partition coefficient (Wildman–Crippen LogP) is 7.07. The minimum absolute atomic E-state index is 0.0213. The third kappa shape index (κ3) is 5.30. The molecule has 0 fully saturated rings. The van der Waals surface area contributed by atoms with E-state index in [0.29, 0.717) is 35.1 Å². The Balaban J connectivity index is 1.35. The van der Waals surface area contributed by atoms with Crippen LogP contribution in [0.1, 0.15) is 62.9 Å². The second-order valence-corrected chi connectivity index (χ2v) is 11.9. The molecule has 1 atom stereocenters. The van der Waals surface area contributed by atoms with Crippen molar-refractivity contribution in [2.24, 2.45) is 5.92 Å². The lowest BCUT2D eigenvalue weighted by Gasteiger charge is -2.19. The summed E-state index contributed by atoms with van der Waals surface area (Å²) < 4.78 is 7.62. The van der Waals surface area contributed by atoms with E-state index in [1.807, 2.05) is 74.6 Å². The molecular weight excluding hydrogens is 562 g/mol. The van der Waals surface area contributed by atoms with Gasteiger partial charge in [-0.2, -0.15) is 0 Å². The van der Waals surface area contributed by atoms with Crippen molar-refractivity contribution in [3.8, 4) is 5.75 Å². The van der Waals surface area contributed by atoms with Gasteiger partial charge in [-0.25, -0.2) is 4.98 Å². The number of fused-ring (bicyclic) bond motifs is 4.